The average molecular weight is 242 g/mol. The summed E-state index contributed by atoms with van der Waals surface area (Å²) in [6.45, 7) is 5.34. The molecule has 0 aliphatic rings. The lowest BCUT2D eigenvalue weighted by molar-refractivity contribution is 0.0765. The standard InChI is InChI=1S/C11H19FN4O/c1-8(2)17-6-4-3-5-14-10-9(12)7-15-11(13)16-10/h7-8H,3-6H2,1-2H3,(H3,13,14,15,16). The van der Waals surface area contributed by atoms with Crippen LogP contribution in [0.3, 0.4) is 0 Å². The maximum Gasteiger partial charge on any atom is 0.222 e. The quantitative estimate of drug-likeness (QED) is 0.713. The zero-order chi connectivity index (χ0) is 12.7. The van der Waals surface area contributed by atoms with E-state index >= 15 is 0 Å². The van der Waals surface area contributed by atoms with Gasteiger partial charge in [0.15, 0.2) is 11.6 Å². The Balaban J connectivity index is 2.20. The van der Waals surface area contributed by atoms with Crippen LogP contribution >= 0.6 is 0 Å². The number of ether oxygens (including phenoxy) is 1. The first kappa shape index (κ1) is 13.6. The van der Waals surface area contributed by atoms with Crippen LogP contribution in [-0.4, -0.2) is 29.2 Å². The van der Waals surface area contributed by atoms with E-state index < -0.39 is 5.82 Å². The van der Waals surface area contributed by atoms with Crippen molar-refractivity contribution >= 4 is 11.8 Å². The van der Waals surface area contributed by atoms with Gasteiger partial charge >= 0.3 is 0 Å². The largest absolute Gasteiger partial charge is 0.379 e. The molecule has 6 heteroatoms. The molecule has 0 aliphatic heterocycles. The maximum atomic E-state index is 13.2. The van der Waals surface area contributed by atoms with Crippen LogP contribution in [0.25, 0.3) is 0 Å². The summed E-state index contributed by atoms with van der Waals surface area (Å²) in [6.07, 6.45) is 3.12. The number of rotatable bonds is 7. The van der Waals surface area contributed by atoms with Gasteiger partial charge in [-0.3, -0.25) is 0 Å². The summed E-state index contributed by atoms with van der Waals surface area (Å²) in [4.78, 5) is 7.32. The SMILES string of the molecule is CC(C)OCCCCNc1nc(N)ncc1F. The molecule has 0 saturated carbocycles. The Labute approximate surface area is 101 Å². The minimum atomic E-state index is -0.488. The molecule has 1 aromatic heterocycles. The molecule has 1 aromatic rings. The molecule has 96 valence electrons. The Bertz CT molecular complexity index is 346. The van der Waals surface area contributed by atoms with E-state index in [0.717, 1.165) is 19.0 Å². The number of aromatic nitrogens is 2. The summed E-state index contributed by atoms with van der Waals surface area (Å²) < 4.78 is 18.6. The highest BCUT2D eigenvalue weighted by atomic mass is 19.1. The highest BCUT2D eigenvalue weighted by Crippen LogP contribution is 2.10. The molecule has 17 heavy (non-hydrogen) atoms. The molecule has 0 saturated heterocycles. The fourth-order valence-electron chi connectivity index (χ4n) is 1.26. The Morgan fingerprint density at radius 2 is 2.24 bits per heavy atom. The first-order chi connectivity index (χ1) is 8.09. The molecular weight excluding hydrogens is 223 g/mol. The number of anilines is 2. The predicted octanol–water partition coefficient (Wildman–Crippen LogP) is 1.81. The Morgan fingerprint density at radius 1 is 1.47 bits per heavy atom. The molecule has 0 radical (unpaired) electrons. The van der Waals surface area contributed by atoms with Crippen molar-refractivity contribution in [3.05, 3.63) is 12.0 Å². The summed E-state index contributed by atoms with van der Waals surface area (Å²) in [5, 5.41) is 2.88. The number of halogens is 1. The van der Waals surface area contributed by atoms with E-state index in [1.54, 1.807) is 0 Å². The molecule has 0 atom stereocenters. The van der Waals surface area contributed by atoms with Crippen molar-refractivity contribution in [2.45, 2.75) is 32.8 Å². The van der Waals surface area contributed by atoms with Gasteiger partial charge in [0.2, 0.25) is 5.95 Å². The number of nitrogens with two attached hydrogens (primary N) is 1. The van der Waals surface area contributed by atoms with Gasteiger partial charge < -0.3 is 15.8 Å². The fraction of sp³-hybridized carbons (Fsp3) is 0.636. The van der Waals surface area contributed by atoms with Gasteiger partial charge in [-0.15, -0.1) is 0 Å². The van der Waals surface area contributed by atoms with E-state index in [1.165, 1.54) is 0 Å². The van der Waals surface area contributed by atoms with Crippen LogP contribution < -0.4 is 11.1 Å². The Hall–Kier alpha value is -1.43. The molecule has 0 spiro atoms. The van der Waals surface area contributed by atoms with Crippen molar-refractivity contribution in [2.24, 2.45) is 0 Å². The third-order valence-corrected chi connectivity index (χ3v) is 2.08. The molecule has 0 aromatic carbocycles. The van der Waals surface area contributed by atoms with Gasteiger partial charge in [0.25, 0.3) is 0 Å². The number of nitrogen functional groups attached to an aromatic ring is 1. The fourth-order valence-corrected chi connectivity index (χ4v) is 1.26. The summed E-state index contributed by atoms with van der Waals surface area (Å²) in [7, 11) is 0. The van der Waals surface area contributed by atoms with Crippen LogP contribution in [0.15, 0.2) is 6.20 Å². The van der Waals surface area contributed by atoms with Gasteiger partial charge in [0, 0.05) is 13.2 Å². The lowest BCUT2D eigenvalue weighted by atomic mass is 10.3. The monoisotopic (exact) mass is 242 g/mol. The molecular formula is C11H19FN4O. The van der Waals surface area contributed by atoms with Gasteiger partial charge in [-0.2, -0.15) is 4.98 Å². The van der Waals surface area contributed by atoms with Crippen molar-refractivity contribution in [2.75, 3.05) is 24.2 Å². The van der Waals surface area contributed by atoms with Gasteiger partial charge in [0.05, 0.1) is 12.3 Å². The minimum absolute atomic E-state index is 0.0667. The van der Waals surface area contributed by atoms with Crippen LogP contribution in [0, 0.1) is 5.82 Å². The minimum Gasteiger partial charge on any atom is -0.379 e. The number of nitrogens with zero attached hydrogens (tertiary/aromatic N) is 2. The zero-order valence-electron chi connectivity index (χ0n) is 10.2. The summed E-state index contributed by atoms with van der Waals surface area (Å²) in [5.41, 5.74) is 5.36. The molecule has 0 amide bonds. The molecule has 1 heterocycles. The molecule has 0 fully saturated rings. The maximum absolute atomic E-state index is 13.2. The zero-order valence-corrected chi connectivity index (χ0v) is 10.2. The smallest absolute Gasteiger partial charge is 0.222 e. The van der Waals surface area contributed by atoms with Crippen LogP contribution in [0.1, 0.15) is 26.7 Å². The topological polar surface area (TPSA) is 73.1 Å². The van der Waals surface area contributed by atoms with Crippen LogP contribution in [0.5, 0.6) is 0 Å². The second kappa shape index (κ2) is 7.01. The van der Waals surface area contributed by atoms with Crippen LogP contribution in [0.2, 0.25) is 0 Å². The summed E-state index contributed by atoms with van der Waals surface area (Å²) in [6, 6.07) is 0. The molecule has 0 aliphatic carbocycles. The first-order valence-electron chi connectivity index (χ1n) is 5.73. The van der Waals surface area contributed by atoms with E-state index in [9.17, 15) is 4.39 Å². The lowest BCUT2D eigenvalue weighted by Gasteiger charge is -2.08. The van der Waals surface area contributed by atoms with Crippen molar-refractivity contribution in [3.8, 4) is 0 Å². The highest BCUT2D eigenvalue weighted by molar-refractivity contribution is 5.38. The lowest BCUT2D eigenvalue weighted by Crippen LogP contribution is -2.09. The summed E-state index contributed by atoms with van der Waals surface area (Å²) in [5.74, 6) is -0.267. The molecule has 0 bridgehead atoms. The molecule has 1 rings (SSSR count). The molecule has 5 nitrogen and oxygen atoms in total. The number of nitrogens with one attached hydrogen (secondary N) is 1. The van der Waals surface area contributed by atoms with Crippen molar-refractivity contribution in [1.82, 2.24) is 9.97 Å². The van der Waals surface area contributed by atoms with Gasteiger partial charge in [-0.1, -0.05) is 0 Å². The van der Waals surface area contributed by atoms with E-state index in [-0.39, 0.29) is 17.9 Å². The van der Waals surface area contributed by atoms with Gasteiger partial charge in [0.1, 0.15) is 0 Å². The van der Waals surface area contributed by atoms with Crippen LogP contribution in [-0.2, 0) is 4.74 Å². The average Bonchev–Trinajstić information content (AvgIpc) is 2.27. The van der Waals surface area contributed by atoms with Crippen molar-refractivity contribution in [1.29, 1.82) is 0 Å². The third-order valence-electron chi connectivity index (χ3n) is 2.08. The van der Waals surface area contributed by atoms with Gasteiger partial charge in [-0.05, 0) is 26.7 Å². The highest BCUT2D eigenvalue weighted by Gasteiger charge is 2.03. The van der Waals surface area contributed by atoms with Gasteiger partial charge in [-0.25, -0.2) is 9.37 Å². The second-order valence-electron chi connectivity index (χ2n) is 3.98. The normalized spacial score (nSPS) is 10.8. The van der Waals surface area contributed by atoms with E-state index in [0.29, 0.717) is 13.2 Å². The van der Waals surface area contributed by atoms with Crippen molar-refractivity contribution in [3.63, 3.8) is 0 Å². The van der Waals surface area contributed by atoms with Crippen LogP contribution in [0.4, 0.5) is 16.2 Å². The first-order valence-corrected chi connectivity index (χ1v) is 5.73. The Morgan fingerprint density at radius 3 is 2.94 bits per heavy atom. The van der Waals surface area contributed by atoms with E-state index in [1.807, 2.05) is 13.8 Å². The molecule has 3 N–H and O–H groups in total. The predicted molar refractivity (Wildman–Crippen MR) is 65.2 cm³/mol. The molecule has 0 unspecified atom stereocenters. The van der Waals surface area contributed by atoms with E-state index in [2.05, 4.69) is 15.3 Å². The Kier molecular flexibility index (Phi) is 5.62. The summed E-state index contributed by atoms with van der Waals surface area (Å²) >= 11 is 0. The van der Waals surface area contributed by atoms with E-state index in [4.69, 9.17) is 10.5 Å². The third kappa shape index (κ3) is 5.44. The van der Waals surface area contributed by atoms with Crippen molar-refractivity contribution < 1.29 is 9.13 Å². The second-order valence-corrected chi connectivity index (χ2v) is 3.98. The number of unbranched alkanes of at least 4 members (excludes halogenated alkanes) is 1. The number of hydrogen-bond acceptors (Lipinski definition) is 5. The number of hydrogen-bond donors (Lipinski definition) is 2.